The van der Waals surface area contributed by atoms with Gasteiger partial charge < -0.3 is 11.1 Å². The van der Waals surface area contributed by atoms with Crippen molar-refractivity contribution < 1.29 is 4.79 Å². The Morgan fingerprint density at radius 1 is 1.00 bits per heavy atom. The fraction of sp³-hybridized carbons (Fsp3) is 0.611. The molecule has 2 amide bonds. The van der Waals surface area contributed by atoms with Crippen molar-refractivity contribution in [2.75, 3.05) is 5.32 Å². The standard InChI is InChI=1S/C13H16N2O.C5H11NS/c14-13(16)15-12-10-5-1-3-8(10)7-9-4-2-6-11(9)12;6-7-5-3-1-2-4-5/h7H,1-6H2,(H3,14,15,16);5H,1-4,6H2. The summed E-state index contributed by atoms with van der Waals surface area (Å²) >= 11 is 1.53. The van der Waals surface area contributed by atoms with Crippen LogP contribution in [0.25, 0.3) is 0 Å². The topological polar surface area (TPSA) is 81.1 Å². The van der Waals surface area contributed by atoms with Crippen LogP contribution in [0.15, 0.2) is 6.07 Å². The number of amides is 2. The first-order chi connectivity index (χ1) is 11.2. The molecular formula is C18H27N3OS. The van der Waals surface area contributed by atoms with Gasteiger partial charge in [0.2, 0.25) is 0 Å². The van der Waals surface area contributed by atoms with Crippen LogP contribution in [-0.4, -0.2) is 11.3 Å². The van der Waals surface area contributed by atoms with Crippen LogP contribution in [0.5, 0.6) is 0 Å². The van der Waals surface area contributed by atoms with Crippen molar-refractivity contribution in [2.24, 2.45) is 10.9 Å². The summed E-state index contributed by atoms with van der Waals surface area (Å²) < 4.78 is 0. The number of carbonyl (C=O) groups excluding carboxylic acids is 1. The SMILES string of the molecule is NC(=O)Nc1c2c(cc3c1CCC3)CCC2.NSC1CCCC1. The van der Waals surface area contributed by atoms with Crippen LogP contribution in [0.2, 0.25) is 0 Å². The Balaban J connectivity index is 0.000000188. The van der Waals surface area contributed by atoms with E-state index in [-0.39, 0.29) is 0 Å². The quantitative estimate of drug-likeness (QED) is 0.722. The third kappa shape index (κ3) is 3.83. The Kier molecular flexibility index (Phi) is 5.49. The number of urea groups is 1. The van der Waals surface area contributed by atoms with Gasteiger partial charge in [0.15, 0.2) is 0 Å². The van der Waals surface area contributed by atoms with Crippen LogP contribution < -0.4 is 16.2 Å². The van der Waals surface area contributed by atoms with Crippen LogP contribution in [0.1, 0.15) is 60.8 Å². The summed E-state index contributed by atoms with van der Waals surface area (Å²) in [5.41, 5.74) is 11.8. The molecule has 1 fully saturated rings. The van der Waals surface area contributed by atoms with Gasteiger partial charge in [0.1, 0.15) is 0 Å². The molecule has 0 aromatic heterocycles. The van der Waals surface area contributed by atoms with Gasteiger partial charge in [-0.05, 0) is 73.6 Å². The molecule has 0 radical (unpaired) electrons. The van der Waals surface area contributed by atoms with Gasteiger partial charge in [-0.25, -0.2) is 4.79 Å². The molecule has 23 heavy (non-hydrogen) atoms. The van der Waals surface area contributed by atoms with Crippen LogP contribution in [-0.2, 0) is 25.7 Å². The van der Waals surface area contributed by atoms with Gasteiger partial charge in [0, 0.05) is 10.9 Å². The summed E-state index contributed by atoms with van der Waals surface area (Å²) in [4.78, 5) is 11.1. The molecule has 0 spiro atoms. The molecule has 0 atom stereocenters. The first-order valence-electron chi connectivity index (χ1n) is 8.77. The molecule has 3 aliphatic carbocycles. The number of nitrogens with two attached hydrogens (primary N) is 2. The molecule has 1 aromatic rings. The highest BCUT2D eigenvalue weighted by Crippen LogP contribution is 2.38. The van der Waals surface area contributed by atoms with Crippen molar-refractivity contribution >= 4 is 23.7 Å². The zero-order valence-corrected chi connectivity index (χ0v) is 14.5. The lowest BCUT2D eigenvalue weighted by atomic mass is 9.99. The van der Waals surface area contributed by atoms with E-state index in [1.54, 1.807) is 0 Å². The number of rotatable bonds is 2. The molecule has 4 nitrogen and oxygen atoms in total. The molecule has 3 aliphatic rings. The Bertz CT molecular complexity index is 550. The number of hydrogen-bond acceptors (Lipinski definition) is 3. The highest BCUT2D eigenvalue weighted by molar-refractivity contribution is 7.97. The fourth-order valence-corrected chi connectivity index (χ4v) is 4.72. The lowest BCUT2D eigenvalue weighted by Gasteiger charge is -2.14. The Morgan fingerprint density at radius 2 is 1.57 bits per heavy atom. The van der Waals surface area contributed by atoms with E-state index < -0.39 is 6.03 Å². The fourth-order valence-electron chi connectivity index (χ4n) is 4.11. The first-order valence-corrected chi connectivity index (χ1v) is 9.72. The van der Waals surface area contributed by atoms with E-state index in [9.17, 15) is 4.79 Å². The number of benzene rings is 1. The Morgan fingerprint density at radius 3 is 2.00 bits per heavy atom. The molecule has 1 saturated carbocycles. The maximum Gasteiger partial charge on any atom is 0.316 e. The van der Waals surface area contributed by atoms with E-state index in [4.69, 9.17) is 10.9 Å². The molecule has 126 valence electrons. The highest BCUT2D eigenvalue weighted by atomic mass is 32.2. The van der Waals surface area contributed by atoms with Crippen LogP contribution in [0.3, 0.4) is 0 Å². The van der Waals surface area contributed by atoms with Crippen molar-refractivity contribution in [3.63, 3.8) is 0 Å². The van der Waals surface area contributed by atoms with Crippen molar-refractivity contribution in [1.82, 2.24) is 0 Å². The predicted octanol–water partition coefficient (Wildman–Crippen LogP) is 3.69. The second kappa shape index (κ2) is 7.58. The lowest BCUT2D eigenvalue weighted by molar-refractivity contribution is 0.259. The molecule has 1 aromatic carbocycles. The molecule has 0 bridgehead atoms. The minimum atomic E-state index is -0.436. The minimum Gasteiger partial charge on any atom is -0.351 e. The summed E-state index contributed by atoms with van der Waals surface area (Å²) in [6.45, 7) is 0. The minimum absolute atomic E-state index is 0.436. The molecule has 5 heteroatoms. The van der Waals surface area contributed by atoms with Crippen molar-refractivity contribution in [3.8, 4) is 0 Å². The molecule has 0 unspecified atom stereocenters. The molecule has 0 saturated heterocycles. The summed E-state index contributed by atoms with van der Waals surface area (Å²) in [6.07, 6.45) is 12.4. The average Bonchev–Trinajstić information content (AvgIpc) is 3.28. The van der Waals surface area contributed by atoms with Gasteiger partial charge in [0.25, 0.3) is 0 Å². The lowest BCUT2D eigenvalue weighted by Crippen LogP contribution is -2.21. The van der Waals surface area contributed by atoms with Gasteiger partial charge in [-0.15, -0.1) is 0 Å². The van der Waals surface area contributed by atoms with E-state index in [1.807, 2.05) is 0 Å². The number of carbonyl (C=O) groups is 1. The number of aryl methyl sites for hydroxylation is 2. The zero-order valence-electron chi connectivity index (χ0n) is 13.7. The largest absolute Gasteiger partial charge is 0.351 e. The second-order valence-electron chi connectivity index (χ2n) is 6.77. The van der Waals surface area contributed by atoms with E-state index >= 15 is 0 Å². The van der Waals surface area contributed by atoms with Crippen molar-refractivity contribution in [1.29, 1.82) is 0 Å². The number of fused-ring (bicyclic) bond motifs is 2. The number of anilines is 1. The van der Waals surface area contributed by atoms with Crippen LogP contribution in [0.4, 0.5) is 10.5 Å². The van der Waals surface area contributed by atoms with E-state index in [0.29, 0.717) is 0 Å². The third-order valence-corrected chi connectivity index (χ3v) is 6.07. The van der Waals surface area contributed by atoms with E-state index in [1.165, 1.54) is 72.7 Å². The summed E-state index contributed by atoms with van der Waals surface area (Å²) in [6, 6.07) is 1.91. The smallest absolute Gasteiger partial charge is 0.316 e. The van der Waals surface area contributed by atoms with Gasteiger partial charge in [-0.1, -0.05) is 30.9 Å². The Labute approximate surface area is 142 Å². The maximum absolute atomic E-state index is 11.1. The van der Waals surface area contributed by atoms with Crippen molar-refractivity contribution in [3.05, 3.63) is 28.3 Å². The normalized spacial score (nSPS) is 19.0. The average molecular weight is 334 g/mol. The molecule has 0 aliphatic heterocycles. The number of nitrogens with one attached hydrogen (secondary N) is 1. The van der Waals surface area contributed by atoms with Crippen molar-refractivity contribution in [2.45, 2.75) is 69.5 Å². The molecule has 4 rings (SSSR count). The third-order valence-electron chi connectivity index (χ3n) is 5.22. The van der Waals surface area contributed by atoms with Crippen LogP contribution >= 0.6 is 11.9 Å². The van der Waals surface area contributed by atoms with Gasteiger partial charge in [0.05, 0.1) is 0 Å². The summed E-state index contributed by atoms with van der Waals surface area (Å²) in [5.74, 6) is 0. The number of hydrogen-bond donors (Lipinski definition) is 3. The summed E-state index contributed by atoms with van der Waals surface area (Å²) in [7, 11) is 0. The van der Waals surface area contributed by atoms with Crippen LogP contribution in [0, 0.1) is 0 Å². The van der Waals surface area contributed by atoms with E-state index in [0.717, 1.165) is 36.6 Å². The zero-order chi connectivity index (χ0) is 16.2. The summed E-state index contributed by atoms with van der Waals surface area (Å²) in [5, 5.41) is 8.99. The highest BCUT2D eigenvalue weighted by Gasteiger charge is 2.24. The van der Waals surface area contributed by atoms with Gasteiger partial charge in [-0.3, -0.25) is 5.14 Å². The first kappa shape index (κ1) is 16.7. The molecule has 0 heterocycles. The number of primary amides is 1. The molecular weight excluding hydrogens is 306 g/mol. The predicted molar refractivity (Wildman–Crippen MR) is 97.7 cm³/mol. The van der Waals surface area contributed by atoms with Gasteiger partial charge in [-0.2, -0.15) is 0 Å². The molecule has 5 N–H and O–H groups in total. The Hall–Kier alpha value is -1.20. The second-order valence-corrected chi connectivity index (χ2v) is 7.70. The van der Waals surface area contributed by atoms with Gasteiger partial charge >= 0.3 is 6.03 Å². The monoisotopic (exact) mass is 333 g/mol. The van der Waals surface area contributed by atoms with E-state index in [2.05, 4.69) is 11.4 Å². The maximum atomic E-state index is 11.1.